The predicted molar refractivity (Wildman–Crippen MR) is 96.9 cm³/mol. The lowest BCUT2D eigenvalue weighted by Crippen LogP contribution is -1.99. The van der Waals surface area contributed by atoms with Crippen LogP contribution in [0.4, 0.5) is 11.4 Å². The molecule has 23 heavy (non-hydrogen) atoms. The van der Waals surface area contributed by atoms with Crippen LogP contribution in [-0.2, 0) is 0 Å². The highest BCUT2D eigenvalue weighted by Gasteiger charge is 2.08. The van der Waals surface area contributed by atoms with Crippen LogP contribution in [-0.4, -0.2) is 0 Å². The molecule has 0 fully saturated rings. The van der Waals surface area contributed by atoms with Crippen molar-refractivity contribution < 1.29 is 4.74 Å². The van der Waals surface area contributed by atoms with E-state index in [0.717, 1.165) is 22.9 Å². The summed E-state index contributed by atoms with van der Waals surface area (Å²) in [4.78, 5) is 0. The van der Waals surface area contributed by atoms with Crippen molar-refractivity contribution in [3.05, 3.63) is 83.4 Å². The maximum absolute atomic E-state index is 6.02. The summed E-state index contributed by atoms with van der Waals surface area (Å²) < 4.78 is 6.02. The first-order chi connectivity index (χ1) is 11.1. The van der Waals surface area contributed by atoms with Gasteiger partial charge in [0.1, 0.15) is 5.75 Å². The Bertz CT molecular complexity index is 786. The standard InChI is InChI=1S/C21H21NO/c1-15-13-16(2)21(17(3)14-15)22-19-11-7-8-12-20(19)23-18-9-5-4-6-10-18/h4-14,22H,1-3H3. The van der Waals surface area contributed by atoms with Crippen molar-refractivity contribution in [3.8, 4) is 11.5 Å². The molecule has 0 radical (unpaired) electrons. The van der Waals surface area contributed by atoms with Crippen LogP contribution in [0.2, 0.25) is 0 Å². The molecule has 0 aliphatic rings. The molecule has 0 amide bonds. The molecule has 0 saturated heterocycles. The second-order valence-corrected chi connectivity index (χ2v) is 5.81. The van der Waals surface area contributed by atoms with E-state index >= 15 is 0 Å². The summed E-state index contributed by atoms with van der Waals surface area (Å²) in [6.07, 6.45) is 0. The Hall–Kier alpha value is -2.74. The predicted octanol–water partition coefficient (Wildman–Crippen LogP) is 6.15. The molecule has 0 spiro atoms. The number of ether oxygens (including phenoxy) is 1. The lowest BCUT2D eigenvalue weighted by Gasteiger charge is -2.17. The van der Waals surface area contributed by atoms with Crippen molar-refractivity contribution >= 4 is 11.4 Å². The second-order valence-electron chi connectivity index (χ2n) is 5.81. The van der Waals surface area contributed by atoms with Crippen LogP contribution < -0.4 is 10.1 Å². The SMILES string of the molecule is Cc1cc(C)c(Nc2ccccc2Oc2ccccc2)c(C)c1. The van der Waals surface area contributed by atoms with E-state index in [1.165, 1.54) is 16.7 Å². The van der Waals surface area contributed by atoms with E-state index in [2.05, 4.69) is 38.2 Å². The molecule has 1 N–H and O–H groups in total. The summed E-state index contributed by atoms with van der Waals surface area (Å²) >= 11 is 0. The topological polar surface area (TPSA) is 21.3 Å². The van der Waals surface area contributed by atoms with Crippen LogP contribution in [0.3, 0.4) is 0 Å². The van der Waals surface area contributed by atoms with Gasteiger partial charge in [0.2, 0.25) is 0 Å². The fourth-order valence-corrected chi connectivity index (χ4v) is 2.79. The van der Waals surface area contributed by atoms with Crippen molar-refractivity contribution in [2.24, 2.45) is 0 Å². The van der Waals surface area contributed by atoms with Crippen molar-refractivity contribution in [2.45, 2.75) is 20.8 Å². The molecule has 3 aromatic rings. The van der Waals surface area contributed by atoms with Crippen LogP contribution in [0.1, 0.15) is 16.7 Å². The van der Waals surface area contributed by atoms with E-state index in [1.54, 1.807) is 0 Å². The van der Waals surface area contributed by atoms with Gasteiger partial charge in [-0.05, 0) is 56.2 Å². The largest absolute Gasteiger partial charge is 0.455 e. The smallest absolute Gasteiger partial charge is 0.150 e. The van der Waals surface area contributed by atoms with E-state index in [0.29, 0.717) is 0 Å². The number of hydrogen-bond donors (Lipinski definition) is 1. The molecule has 0 aromatic heterocycles. The Morgan fingerprint density at radius 3 is 2.04 bits per heavy atom. The van der Waals surface area contributed by atoms with Crippen molar-refractivity contribution in [1.82, 2.24) is 0 Å². The van der Waals surface area contributed by atoms with Crippen molar-refractivity contribution in [1.29, 1.82) is 0 Å². The van der Waals surface area contributed by atoms with Gasteiger partial charge >= 0.3 is 0 Å². The summed E-state index contributed by atoms with van der Waals surface area (Å²) in [5.74, 6) is 1.65. The number of benzene rings is 3. The van der Waals surface area contributed by atoms with Crippen LogP contribution >= 0.6 is 0 Å². The van der Waals surface area contributed by atoms with E-state index < -0.39 is 0 Å². The van der Waals surface area contributed by atoms with Gasteiger partial charge in [-0.1, -0.05) is 48.0 Å². The zero-order chi connectivity index (χ0) is 16.2. The Kier molecular flexibility index (Phi) is 4.33. The minimum Gasteiger partial charge on any atom is -0.455 e. The molecule has 0 unspecified atom stereocenters. The summed E-state index contributed by atoms with van der Waals surface area (Å²) in [5.41, 5.74) is 5.85. The average Bonchev–Trinajstić information content (AvgIpc) is 2.53. The van der Waals surface area contributed by atoms with E-state index in [1.807, 2.05) is 54.6 Å². The van der Waals surface area contributed by atoms with Crippen LogP contribution in [0.15, 0.2) is 66.7 Å². The van der Waals surface area contributed by atoms with Crippen LogP contribution in [0.5, 0.6) is 11.5 Å². The highest BCUT2D eigenvalue weighted by atomic mass is 16.5. The molecule has 0 saturated carbocycles. The normalized spacial score (nSPS) is 10.4. The van der Waals surface area contributed by atoms with Gasteiger partial charge in [0, 0.05) is 5.69 Å². The summed E-state index contributed by atoms with van der Waals surface area (Å²) in [5, 5.41) is 3.53. The van der Waals surface area contributed by atoms with Crippen molar-refractivity contribution in [2.75, 3.05) is 5.32 Å². The Balaban J connectivity index is 1.93. The van der Waals surface area contributed by atoms with Gasteiger partial charge in [-0.2, -0.15) is 0 Å². The van der Waals surface area contributed by atoms with Gasteiger partial charge in [0.25, 0.3) is 0 Å². The minimum atomic E-state index is 0.818. The third-order valence-electron chi connectivity index (χ3n) is 3.79. The molecule has 116 valence electrons. The first kappa shape index (κ1) is 15.2. The zero-order valence-corrected chi connectivity index (χ0v) is 13.8. The fraction of sp³-hybridized carbons (Fsp3) is 0.143. The van der Waals surface area contributed by atoms with Gasteiger partial charge in [0.05, 0.1) is 5.69 Å². The van der Waals surface area contributed by atoms with Gasteiger partial charge in [-0.3, -0.25) is 0 Å². The summed E-state index contributed by atoms with van der Waals surface area (Å²) in [6.45, 7) is 6.38. The highest BCUT2D eigenvalue weighted by Crippen LogP contribution is 2.33. The maximum Gasteiger partial charge on any atom is 0.150 e. The van der Waals surface area contributed by atoms with E-state index in [-0.39, 0.29) is 0 Å². The maximum atomic E-state index is 6.02. The number of rotatable bonds is 4. The lowest BCUT2D eigenvalue weighted by atomic mass is 10.0. The van der Waals surface area contributed by atoms with Crippen molar-refractivity contribution in [3.63, 3.8) is 0 Å². The first-order valence-corrected chi connectivity index (χ1v) is 7.80. The quantitative estimate of drug-likeness (QED) is 0.624. The van der Waals surface area contributed by atoms with Gasteiger partial charge in [-0.25, -0.2) is 0 Å². The second kappa shape index (κ2) is 6.57. The third-order valence-corrected chi connectivity index (χ3v) is 3.79. The molecular weight excluding hydrogens is 282 g/mol. The lowest BCUT2D eigenvalue weighted by molar-refractivity contribution is 0.485. The average molecular weight is 303 g/mol. The Labute approximate surface area is 137 Å². The van der Waals surface area contributed by atoms with E-state index in [9.17, 15) is 0 Å². The minimum absolute atomic E-state index is 0.818. The van der Waals surface area contributed by atoms with Crippen LogP contribution in [0.25, 0.3) is 0 Å². The molecule has 2 heteroatoms. The number of anilines is 2. The highest BCUT2D eigenvalue weighted by molar-refractivity contribution is 5.71. The molecule has 0 bridgehead atoms. The molecule has 0 aliphatic carbocycles. The van der Waals surface area contributed by atoms with Gasteiger partial charge in [0.15, 0.2) is 5.75 Å². The first-order valence-electron chi connectivity index (χ1n) is 7.80. The van der Waals surface area contributed by atoms with Gasteiger partial charge in [-0.15, -0.1) is 0 Å². The molecule has 0 heterocycles. The monoisotopic (exact) mass is 303 g/mol. The number of aryl methyl sites for hydroxylation is 3. The Morgan fingerprint density at radius 1 is 0.739 bits per heavy atom. The molecule has 0 atom stereocenters. The molecular formula is C21H21NO. The van der Waals surface area contributed by atoms with Crippen LogP contribution in [0, 0.1) is 20.8 Å². The fourth-order valence-electron chi connectivity index (χ4n) is 2.79. The summed E-state index contributed by atoms with van der Waals surface area (Å²) in [7, 11) is 0. The number of hydrogen-bond acceptors (Lipinski definition) is 2. The molecule has 3 aromatic carbocycles. The molecule has 3 rings (SSSR count). The van der Waals surface area contributed by atoms with Gasteiger partial charge < -0.3 is 10.1 Å². The summed E-state index contributed by atoms with van der Waals surface area (Å²) in [6, 6.07) is 22.2. The third kappa shape index (κ3) is 3.54. The number of para-hydroxylation sites is 3. The molecule has 2 nitrogen and oxygen atoms in total. The Morgan fingerprint density at radius 2 is 1.35 bits per heavy atom. The molecule has 0 aliphatic heterocycles. The number of nitrogens with one attached hydrogen (secondary N) is 1. The zero-order valence-electron chi connectivity index (χ0n) is 13.8. The van der Waals surface area contributed by atoms with E-state index in [4.69, 9.17) is 4.74 Å².